The van der Waals surface area contributed by atoms with Crippen molar-refractivity contribution >= 4 is 11.6 Å². The smallest absolute Gasteiger partial charge is 0.0860 e. The van der Waals surface area contributed by atoms with E-state index in [1.807, 2.05) is 18.7 Å². The number of nitrogens with zero attached hydrogens (tertiary/aromatic N) is 2. The number of hydrogen-bond donors (Lipinski definition) is 1. The summed E-state index contributed by atoms with van der Waals surface area (Å²) in [5.41, 5.74) is 1.80. The van der Waals surface area contributed by atoms with Crippen molar-refractivity contribution in [3.8, 4) is 0 Å². The van der Waals surface area contributed by atoms with Gasteiger partial charge in [-0.1, -0.05) is 11.6 Å². The van der Waals surface area contributed by atoms with Crippen LogP contribution in [0.1, 0.15) is 25.2 Å². The third kappa shape index (κ3) is 3.20. The standard InChI is InChI=1S/C11H20ClN3O/c1-8-10(12)9(15(4)14-8)6-13-11(2,3)7-16-5/h13H,6-7H2,1-5H3. The van der Waals surface area contributed by atoms with Crippen molar-refractivity contribution in [1.82, 2.24) is 15.1 Å². The van der Waals surface area contributed by atoms with Gasteiger partial charge in [0.2, 0.25) is 0 Å². The molecule has 1 aromatic rings. The summed E-state index contributed by atoms with van der Waals surface area (Å²) in [6.07, 6.45) is 0. The Bertz CT molecular complexity index is 360. The van der Waals surface area contributed by atoms with Gasteiger partial charge in [-0.3, -0.25) is 4.68 Å². The van der Waals surface area contributed by atoms with E-state index in [1.54, 1.807) is 7.11 Å². The minimum Gasteiger partial charge on any atom is -0.383 e. The summed E-state index contributed by atoms with van der Waals surface area (Å²) in [6, 6.07) is 0. The second kappa shape index (κ2) is 5.17. The van der Waals surface area contributed by atoms with Crippen LogP contribution in [0.4, 0.5) is 0 Å². The molecule has 0 bridgehead atoms. The zero-order valence-corrected chi connectivity index (χ0v) is 11.4. The third-order valence-corrected chi connectivity index (χ3v) is 2.99. The van der Waals surface area contributed by atoms with E-state index >= 15 is 0 Å². The lowest BCUT2D eigenvalue weighted by Gasteiger charge is -2.25. The number of aryl methyl sites for hydroxylation is 2. The van der Waals surface area contributed by atoms with Crippen LogP contribution < -0.4 is 5.32 Å². The Morgan fingerprint density at radius 3 is 2.56 bits per heavy atom. The molecule has 0 aliphatic rings. The van der Waals surface area contributed by atoms with Crippen LogP contribution in [0, 0.1) is 6.92 Å². The monoisotopic (exact) mass is 245 g/mol. The van der Waals surface area contributed by atoms with E-state index in [0.29, 0.717) is 13.2 Å². The van der Waals surface area contributed by atoms with Crippen LogP contribution in [0.5, 0.6) is 0 Å². The first-order valence-electron chi connectivity index (χ1n) is 5.29. The maximum atomic E-state index is 6.17. The number of hydrogen-bond acceptors (Lipinski definition) is 3. The van der Waals surface area contributed by atoms with E-state index in [-0.39, 0.29) is 5.54 Å². The van der Waals surface area contributed by atoms with E-state index in [4.69, 9.17) is 16.3 Å². The summed E-state index contributed by atoms with van der Waals surface area (Å²) in [5.74, 6) is 0. The molecule has 1 N–H and O–H groups in total. The van der Waals surface area contributed by atoms with Crippen LogP contribution in [-0.2, 0) is 18.3 Å². The van der Waals surface area contributed by atoms with Gasteiger partial charge in [0.25, 0.3) is 0 Å². The first-order chi connectivity index (χ1) is 7.37. The Morgan fingerprint density at radius 2 is 2.12 bits per heavy atom. The molecule has 0 saturated carbocycles. The molecule has 0 unspecified atom stereocenters. The van der Waals surface area contributed by atoms with Gasteiger partial charge in [0, 0.05) is 26.2 Å². The zero-order chi connectivity index (χ0) is 12.3. The highest BCUT2D eigenvalue weighted by atomic mass is 35.5. The molecule has 0 aliphatic heterocycles. The fraction of sp³-hybridized carbons (Fsp3) is 0.727. The second-order valence-corrected chi connectivity index (χ2v) is 5.02. The second-order valence-electron chi connectivity index (χ2n) is 4.64. The summed E-state index contributed by atoms with van der Waals surface area (Å²) < 4.78 is 6.96. The van der Waals surface area contributed by atoms with Crippen molar-refractivity contribution in [1.29, 1.82) is 0 Å². The highest BCUT2D eigenvalue weighted by molar-refractivity contribution is 6.31. The molecule has 1 aromatic heterocycles. The van der Waals surface area contributed by atoms with Gasteiger partial charge in [-0.15, -0.1) is 0 Å². The molecule has 1 heterocycles. The molecule has 0 aliphatic carbocycles. The SMILES string of the molecule is COCC(C)(C)NCc1c(Cl)c(C)nn1C. The van der Waals surface area contributed by atoms with Crippen LogP contribution in [-0.4, -0.2) is 29.0 Å². The molecule has 5 heteroatoms. The molecule has 0 radical (unpaired) electrons. The van der Waals surface area contributed by atoms with E-state index in [9.17, 15) is 0 Å². The average molecular weight is 246 g/mol. The van der Waals surface area contributed by atoms with Gasteiger partial charge in [0.15, 0.2) is 0 Å². The van der Waals surface area contributed by atoms with E-state index in [2.05, 4.69) is 24.3 Å². The van der Waals surface area contributed by atoms with Crippen molar-refractivity contribution < 1.29 is 4.74 Å². The molecule has 0 aromatic carbocycles. The number of halogens is 1. The van der Waals surface area contributed by atoms with Crippen molar-refractivity contribution in [2.75, 3.05) is 13.7 Å². The lowest BCUT2D eigenvalue weighted by Crippen LogP contribution is -2.43. The quantitative estimate of drug-likeness (QED) is 0.861. The molecule has 0 fully saturated rings. The first kappa shape index (κ1) is 13.5. The van der Waals surface area contributed by atoms with Crippen LogP contribution in [0.3, 0.4) is 0 Å². The van der Waals surface area contributed by atoms with Crippen LogP contribution in [0.15, 0.2) is 0 Å². The van der Waals surface area contributed by atoms with Gasteiger partial charge in [-0.05, 0) is 20.8 Å². The van der Waals surface area contributed by atoms with Crippen molar-refractivity contribution in [2.45, 2.75) is 32.9 Å². The number of rotatable bonds is 5. The number of nitrogens with one attached hydrogen (secondary N) is 1. The first-order valence-corrected chi connectivity index (χ1v) is 5.67. The van der Waals surface area contributed by atoms with Gasteiger partial charge in [-0.25, -0.2) is 0 Å². The predicted molar refractivity (Wildman–Crippen MR) is 65.7 cm³/mol. The predicted octanol–water partition coefficient (Wildman–Crippen LogP) is 1.90. The highest BCUT2D eigenvalue weighted by Gasteiger charge is 2.19. The zero-order valence-electron chi connectivity index (χ0n) is 10.6. The lowest BCUT2D eigenvalue weighted by atomic mass is 10.1. The largest absolute Gasteiger partial charge is 0.383 e. The molecule has 16 heavy (non-hydrogen) atoms. The maximum absolute atomic E-state index is 6.17. The fourth-order valence-electron chi connectivity index (χ4n) is 1.61. The highest BCUT2D eigenvalue weighted by Crippen LogP contribution is 2.19. The molecule has 1 rings (SSSR count). The van der Waals surface area contributed by atoms with Gasteiger partial charge in [0.1, 0.15) is 0 Å². The minimum absolute atomic E-state index is 0.0732. The fourth-order valence-corrected chi connectivity index (χ4v) is 1.83. The summed E-state index contributed by atoms with van der Waals surface area (Å²) in [6.45, 7) is 7.43. The Hall–Kier alpha value is -0.580. The molecule has 4 nitrogen and oxygen atoms in total. The Morgan fingerprint density at radius 1 is 1.50 bits per heavy atom. The summed E-state index contributed by atoms with van der Waals surface area (Å²) in [4.78, 5) is 0. The summed E-state index contributed by atoms with van der Waals surface area (Å²) in [7, 11) is 3.60. The minimum atomic E-state index is -0.0732. The number of ether oxygens (including phenoxy) is 1. The normalized spacial score (nSPS) is 12.1. The van der Waals surface area contributed by atoms with Crippen molar-refractivity contribution in [3.63, 3.8) is 0 Å². The number of methoxy groups -OCH3 is 1. The van der Waals surface area contributed by atoms with Gasteiger partial charge >= 0.3 is 0 Å². The van der Waals surface area contributed by atoms with Crippen LogP contribution in [0.25, 0.3) is 0 Å². The van der Waals surface area contributed by atoms with Gasteiger partial charge in [0.05, 0.1) is 23.0 Å². The third-order valence-electron chi connectivity index (χ3n) is 2.50. The van der Waals surface area contributed by atoms with E-state index in [1.165, 1.54) is 0 Å². The van der Waals surface area contributed by atoms with Crippen LogP contribution >= 0.6 is 11.6 Å². The molecular formula is C11H20ClN3O. The summed E-state index contributed by atoms with van der Waals surface area (Å²) >= 11 is 6.17. The average Bonchev–Trinajstić information content (AvgIpc) is 2.39. The van der Waals surface area contributed by atoms with Gasteiger partial charge < -0.3 is 10.1 Å². The summed E-state index contributed by atoms with van der Waals surface area (Å²) in [5, 5.41) is 8.41. The van der Waals surface area contributed by atoms with E-state index < -0.39 is 0 Å². The van der Waals surface area contributed by atoms with Crippen LogP contribution in [0.2, 0.25) is 5.02 Å². The molecule has 0 atom stereocenters. The Labute approximate surface area is 102 Å². The lowest BCUT2D eigenvalue weighted by molar-refractivity contribution is 0.127. The van der Waals surface area contributed by atoms with E-state index in [0.717, 1.165) is 16.4 Å². The molecular weight excluding hydrogens is 226 g/mol. The van der Waals surface area contributed by atoms with Crippen molar-refractivity contribution in [2.24, 2.45) is 7.05 Å². The van der Waals surface area contributed by atoms with Gasteiger partial charge in [-0.2, -0.15) is 5.10 Å². The Balaban J connectivity index is 2.67. The molecule has 0 spiro atoms. The molecule has 0 saturated heterocycles. The Kier molecular flexibility index (Phi) is 4.35. The topological polar surface area (TPSA) is 39.1 Å². The molecule has 0 amide bonds. The molecule has 92 valence electrons. The number of aromatic nitrogens is 2. The van der Waals surface area contributed by atoms with Crippen molar-refractivity contribution in [3.05, 3.63) is 16.4 Å². The maximum Gasteiger partial charge on any atom is 0.0860 e.